The van der Waals surface area contributed by atoms with Gasteiger partial charge in [0.15, 0.2) is 5.69 Å². The van der Waals surface area contributed by atoms with E-state index in [1.807, 2.05) is 4.68 Å². The minimum absolute atomic E-state index is 0.325. The van der Waals surface area contributed by atoms with Crippen molar-refractivity contribution in [3.8, 4) is 0 Å². The molecule has 94 valence electrons. The topological polar surface area (TPSA) is 73.8 Å². The second kappa shape index (κ2) is 4.85. The van der Waals surface area contributed by atoms with Crippen LogP contribution in [0.5, 0.6) is 0 Å². The Hall–Kier alpha value is -1.39. The van der Waals surface area contributed by atoms with E-state index < -0.39 is 5.91 Å². The largest absolute Gasteiger partial charge is 0.364 e. The van der Waals surface area contributed by atoms with Gasteiger partial charge in [-0.2, -0.15) is 0 Å². The van der Waals surface area contributed by atoms with Crippen LogP contribution in [0.25, 0.3) is 0 Å². The third-order valence-electron chi connectivity index (χ3n) is 3.74. The van der Waals surface area contributed by atoms with Crippen molar-refractivity contribution in [1.29, 1.82) is 0 Å². The molecule has 0 radical (unpaired) electrons. The summed E-state index contributed by atoms with van der Waals surface area (Å²) in [6, 6.07) is 0.325. The first-order valence-corrected chi connectivity index (χ1v) is 6.43. The van der Waals surface area contributed by atoms with E-state index in [-0.39, 0.29) is 0 Å². The molecule has 1 aromatic heterocycles. The van der Waals surface area contributed by atoms with E-state index in [2.05, 4.69) is 24.2 Å². The zero-order valence-electron chi connectivity index (χ0n) is 10.5. The average Bonchev–Trinajstić information content (AvgIpc) is 2.62. The number of hydrogen-bond acceptors (Lipinski definition) is 3. The third-order valence-corrected chi connectivity index (χ3v) is 3.74. The first-order chi connectivity index (χ1) is 8.19. The van der Waals surface area contributed by atoms with Gasteiger partial charge >= 0.3 is 0 Å². The minimum atomic E-state index is -0.455. The molecule has 5 heteroatoms. The first-order valence-electron chi connectivity index (χ1n) is 6.43. The predicted octanol–water partition coefficient (Wildman–Crippen LogP) is 2.01. The molecule has 1 aliphatic carbocycles. The second-order valence-corrected chi connectivity index (χ2v) is 4.73. The molecule has 2 N–H and O–H groups in total. The fraction of sp³-hybridized carbons (Fsp3) is 0.750. The van der Waals surface area contributed by atoms with Crippen molar-refractivity contribution in [2.75, 3.05) is 0 Å². The summed E-state index contributed by atoms with van der Waals surface area (Å²) in [5.74, 6) is -0.0304. The van der Waals surface area contributed by atoms with E-state index in [1.54, 1.807) is 0 Å². The van der Waals surface area contributed by atoms with Crippen LogP contribution in [0.3, 0.4) is 0 Å². The Labute approximate surface area is 101 Å². The number of carbonyl (C=O) groups excluding carboxylic acids is 1. The van der Waals surface area contributed by atoms with E-state index in [9.17, 15) is 4.79 Å². The Morgan fingerprint density at radius 3 is 2.53 bits per heavy atom. The lowest BCUT2D eigenvalue weighted by Gasteiger charge is -2.28. The van der Waals surface area contributed by atoms with Crippen molar-refractivity contribution in [3.05, 3.63) is 11.4 Å². The van der Waals surface area contributed by atoms with E-state index in [4.69, 9.17) is 5.73 Å². The van der Waals surface area contributed by atoms with Crippen molar-refractivity contribution in [2.45, 2.75) is 57.9 Å². The van der Waals surface area contributed by atoms with E-state index in [0.717, 1.165) is 31.4 Å². The van der Waals surface area contributed by atoms with Crippen molar-refractivity contribution in [1.82, 2.24) is 15.0 Å². The fourth-order valence-corrected chi connectivity index (χ4v) is 2.44. The maximum Gasteiger partial charge on any atom is 0.271 e. The molecular formula is C12H20N4O. The average molecular weight is 236 g/mol. The molecule has 1 amide bonds. The lowest BCUT2D eigenvalue weighted by Crippen LogP contribution is -2.23. The van der Waals surface area contributed by atoms with E-state index in [1.165, 1.54) is 6.42 Å². The molecule has 1 heterocycles. The molecule has 0 spiro atoms. The Bertz CT molecular complexity index is 405. The molecular weight excluding hydrogens is 216 g/mol. The van der Waals surface area contributed by atoms with Gasteiger partial charge in [0.1, 0.15) is 0 Å². The third kappa shape index (κ3) is 2.06. The molecule has 0 atom stereocenters. The van der Waals surface area contributed by atoms with Gasteiger partial charge in [0, 0.05) is 5.92 Å². The highest BCUT2D eigenvalue weighted by Gasteiger charge is 2.31. The number of hydrogen-bond donors (Lipinski definition) is 1. The van der Waals surface area contributed by atoms with Crippen LogP contribution in [-0.4, -0.2) is 20.9 Å². The summed E-state index contributed by atoms with van der Waals surface area (Å²) in [5.41, 5.74) is 6.72. The van der Waals surface area contributed by atoms with Crippen molar-refractivity contribution < 1.29 is 4.79 Å². The predicted molar refractivity (Wildman–Crippen MR) is 64.8 cm³/mol. The zero-order chi connectivity index (χ0) is 12.4. The first kappa shape index (κ1) is 12.1. The summed E-state index contributed by atoms with van der Waals surface area (Å²) in [4.78, 5) is 11.4. The highest BCUT2D eigenvalue weighted by atomic mass is 16.1. The molecule has 0 aliphatic heterocycles. The summed E-state index contributed by atoms with van der Waals surface area (Å²) in [6.45, 7) is 4.26. The monoisotopic (exact) mass is 236 g/mol. The lowest BCUT2D eigenvalue weighted by atomic mass is 9.81. The number of amides is 1. The molecule has 1 aliphatic rings. The summed E-state index contributed by atoms with van der Waals surface area (Å²) >= 11 is 0. The molecule has 0 aromatic carbocycles. The Morgan fingerprint density at radius 2 is 2.12 bits per heavy atom. The van der Waals surface area contributed by atoms with Gasteiger partial charge < -0.3 is 5.73 Å². The maximum absolute atomic E-state index is 11.4. The maximum atomic E-state index is 11.4. The Morgan fingerprint density at radius 1 is 1.47 bits per heavy atom. The van der Waals surface area contributed by atoms with Gasteiger partial charge in [-0.25, -0.2) is 4.68 Å². The van der Waals surface area contributed by atoms with Gasteiger partial charge in [0.2, 0.25) is 0 Å². The number of primary amides is 1. The summed E-state index contributed by atoms with van der Waals surface area (Å²) in [5, 5.41) is 8.12. The van der Waals surface area contributed by atoms with Crippen LogP contribution in [-0.2, 0) is 0 Å². The van der Waals surface area contributed by atoms with E-state index in [0.29, 0.717) is 17.7 Å². The van der Waals surface area contributed by atoms with E-state index >= 15 is 0 Å². The molecule has 0 bridgehead atoms. The molecule has 0 saturated heterocycles. The van der Waals surface area contributed by atoms with Crippen LogP contribution in [0.1, 0.15) is 74.1 Å². The minimum Gasteiger partial charge on any atom is -0.364 e. The van der Waals surface area contributed by atoms with Crippen molar-refractivity contribution in [2.24, 2.45) is 5.73 Å². The fourth-order valence-electron chi connectivity index (χ4n) is 2.44. The summed E-state index contributed by atoms with van der Waals surface area (Å²) < 4.78 is 1.93. The van der Waals surface area contributed by atoms with Crippen molar-refractivity contribution >= 4 is 5.91 Å². The number of rotatable bonds is 5. The van der Waals surface area contributed by atoms with Crippen LogP contribution in [0, 0.1) is 0 Å². The standard InChI is InChI=1S/C12H20N4O/c1-3-9(4-2)16-11(8-6-5-7-8)10(12(13)17)14-15-16/h8-9H,3-7H2,1-2H3,(H2,13,17). The number of nitrogens with zero attached hydrogens (tertiary/aromatic N) is 3. The molecule has 1 aromatic rings. The van der Waals surface area contributed by atoms with Crippen LogP contribution < -0.4 is 5.73 Å². The van der Waals surface area contributed by atoms with Crippen LogP contribution in [0.4, 0.5) is 0 Å². The molecule has 1 fully saturated rings. The van der Waals surface area contributed by atoms with Crippen LogP contribution in [0.2, 0.25) is 0 Å². The van der Waals surface area contributed by atoms with Gasteiger partial charge in [-0.05, 0) is 25.7 Å². The zero-order valence-corrected chi connectivity index (χ0v) is 10.5. The molecule has 0 unspecified atom stereocenters. The number of nitrogens with two attached hydrogens (primary N) is 1. The Balaban J connectivity index is 2.40. The molecule has 1 saturated carbocycles. The molecule has 17 heavy (non-hydrogen) atoms. The summed E-state index contributed by atoms with van der Waals surface area (Å²) in [7, 11) is 0. The SMILES string of the molecule is CCC(CC)n1nnc(C(N)=O)c1C1CCC1. The van der Waals surface area contributed by atoms with Gasteiger partial charge in [0.25, 0.3) is 5.91 Å². The van der Waals surface area contributed by atoms with Crippen LogP contribution >= 0.6 is 0 Å². The van der Waals surface area contributed by atoms with Crippen LogP contribution in [0.15, 0.2) is 0 Å². The smallest absolute Gasteiger partial charge is 0.271 e. The lowest BCUT2D eigenvalue weighted by molar-refractivity contribution is 0.0993. The highest BCUT2D eigenvalue weighted by Crippen LogP contribution is 2.38. The normalized spacial score (nSPS) is 16.2. The van der Waals surface area contributed by atoms with Gasteiger partial charge in [0.05, 0.1) is 11.7 Å². The molecule has 2 rings (SSSR count). The second-order valence-electron chi connectivity index (χ2n) is 4.73. The Kier molecular flexibility index (Phi) is 3.45. The van der Waals surface area contributed by atoms with Gasteiger partial charge in [-0.3, -0.25) is 4.79 Å². The quantitative estimate of drug-likeness (QED) is 0.849. The molecule has 5 nitrogen and oxygen atoms in total. The number of carbonyl (C=O) groups is 1. The highest BCUT2D eigenvalue weighted by molar-refractivity contribution is 5.92. The van der Waals surface area contributed by atoms with Gasteiger partial charge in [-0.1, -0.05) is 25.5 Å². The van der Waals surface area contributed by atoms with Crippen molar-refractivity contribution in [3.63, 3.8) is 0 Å². The number of aromatic nitrogens is 3. The van der Waals surface area contributed by atoms with Gasteiger partial charge in [-0.15, -0.1) is 5.10 Å². The summed E-state index contributed by atoms with van der Waals surface area (Å²) in [6.07, 6.45) is 5.45.